The van der Waals surface area contributed by atoms with Crippen molar-refractivity contribution in [3.63, 3.8) is 0 Å². The fraction of sp³-hybridized carbons (Fsp3) is 0.0714. The molecule has 4 aromatic carbocycles. The summed E-state index contributed by atoms with van der Waals surface area (Å²) in [5.41, 5.74) is 1.17. The van der Waals surface area contributed by atoms with Crippen LogP contribution in [0.25, 0.3) is 0 Å². The molecule has 4 aromatic rings. The first kappa shape index (κ1) is 20.5. The first-order valence-corrected chi connectivity index (χ1v) is 15.9. The Balaban J connectivity index is 1.72. The predicted molar refractivity (Wildman–Crippen MR) is 128 cm³/mol. The SMILES string of the molecule is C(#[C][Sn]([c]1ccccc1)([c]1ccccc1)[c]1ccccc1)COCc1ccccc1. The summed E-state index contributed by atoms with van der Waals surface area (Å²) in [5.74, 6) is 3.41. The van der Waals surface area contributed by atoms with Crippen LogP contribution in [0, 0.1) is 9.86 Å². The van der Waals surface area contributed by atoms with Crippen LogP contribution in [0.1, 0.15) is 5.56 Å². The summed E-state index contributed by atoms with van der Waals surface area (Å²) in [4.78, 5) is 0. The van der Waals surface area contributed by atoms with Gasteiger partial charge in [-0.1, -0.05) is 0 Å². The van der Waals surface area contributed by atoms with E-state index in [1.807, 2.05) is 18.2 Å². The van der Waals surface area contributed by atoms with Crippen molar-refractivity contribution in [2.24, 2.45) is 0 Å². The Morgan fingerprint density at radius 2 is 0.933 bits per heavy atom. The van der Waals surface area contributed by atoms with Gasteiger partial charge in [0.15, 0.2) is 0 Å². The molecule has 1 nitrogen and oxygen atoms in total. The van der Waals surface area contributed by atoms with Gasteiger partial charge in [-0.15, -0.1) is 0 Å². The standard InChI is InChI=1S/C10H9O.3C6H5.Sn/c1-2-8-11-9-10-6-4-3-5-7-10;3*1-2-4-6-5-3-1;/h3-7H,8-9H2;3*1-5H;. The van der Waals surface area contributed by atoms with Crippen molar-refractivity contribution >= 4 is 29.1 Å². The van der Waals surface area contributed by atoms with Crippen molar-refractivity contribution < 1.29 is 4.74 Å². The second-order valence-electron chi connectivity index (χ2n) is 7.13. The average Bonchev–Trinajstić information content (AvgIpc) is 2.84. The van der Waals surface area contributed by atoms with Crippen LogP contribution in [0.3, 0.4) is 0 Å². The third kappa shape index (κ3) is 4.67. The minimum atomic E-state index is -3.49. The van der Waals surface area contributed by atoms with Crippen LogP contribution in [-0.2, 0) is 11.3 Å². The van der Waals surface area contributed by atoms with Crippen molar-refractivity contribution in [1.82, 2.24) is 0 Å². The molecule has 0 heterocycles. The number of benzene rings is 4. The minimum absolute atomic E-state index is 0.431. The topological polar surface area (TPSA) is 9.23 Å². The maximum absolute atomic E-state index is 5.88. The van der Waals surface area contributed by atoms with Gasteiger partial charge in [0.1, 0.15) is 0 Å². The van der Waals surface area contributed by atoms with E-state index in [9.17, 15) is 0 Å². The summed E-state index contributed by atoms with van der Waals surface area (Å²) in [5, 5.41) is 0. The molecule has 0 unspecified atom stereocenters. The molecule has 0 amide bonds. The van der Waals surface area contributed by atoms with Gasteiger partial charge in [-0.05, 0) is 0 Å². The molecule has 30 heavy (non-hydrogen) atoms. The fourth-order valence-electron chi connectivity index (χ4n) is 3.74. The van der Waals surface area contributed by atoms with E-state index in [4.69, 9.17) is 4.74 Å². The number of hydrogen-bond acceptors (Lipinski definition) is 1. The molecule has 4 rings (SSSR count). The van der Waals surface area contributed by atoms with Gasteiger partial charge in [-0.3, -0.25) is 0 Å². The van der Waals surface area contributed by atoms with E-state index in [-0.39, 0.29) is 0 Å². The monoisotopic (exact) mass is 496 g/mol. The van der Waals surface area contributed by atoms with E-state index < -0.39 is 18.4 Å². The van der Waals surface area contributed by atoms with Gasteiger partial charge in [0.05, 0.1) is 0 Å². The normalized spacial score (nSPS) is 10.8. The van der Waals surface area contributed by atoms with Crippen molar-refractivity contribution in [2.45, 2.75) is 6.61 Å². The molecule has 0 saturated heterocycles. The van der Waals surface area contributed by atoms with Gasteiger partial charge in [-0.2, -0.15) is 0 Å². The number of rotatable bonds is 6. The van der Waals surface area contributed by atoms with E-state index >= 15 is 0 Å². The van der Waals surface area contributed by atoms with Gasteiger partial charge in [0, 0.05) is 0 Å². The van der Waals surface area contributed by atoms with Gasteiger partial charge in [0.2, 0.25) is 0 Å². The number of hydrogen-bond donors (Lipinski definition) is 0. The van der Waals surface area contributed by atoms with Gasteiger partial charge in [-0.25, -0.2) is 0 Å². The zero-order valence-corrected chi connectivity index (χ0v) is 19.7. The third-order valence-corrected chi connectivity index (χ3v) is 17.0. The molecule has 0 aliphatic carbocycles. The van der Waals surface area contributed by atoms with E-state index in [1.165, 1.54) is 16.3 Å². The average molecular weight is 495 g/mol. The van der Waals surface area contributed by atoms with Crippen molar-refractivity contribution in [3.05, 3.63) is 127 Å². The molecule has 146 valence electrons. The Labute approximate surface area is 183 Å². The van der Waals surface area contributed by atoms with Crippen molar-refractivity contribution in [1.29, 1.82) is 0 Å². The first-order chi connectivity index (χ1) is 14.9. The Bertz CT molecular complexity index is 1000. The summed E-state index contributed by atoms with van der Waals surface area (Å²) in [6.07, 6.45) is 0. The van der Waals surface area contributed by atoms with Crippen LogP contribution < -0.4 is 10.7 Å². The first-order valence-electron chi connectivity index (χ1n) is 10.2. The summed E-state index contributed by atoms with van der Waals surface area (Å²) in [7, 11) is 0. The van der Waals surface area contributed by atoms with Gasteiger partial charge < -0.3 is 0 Å². The molecule has 0 spiro atoms. The summed E-state index contributed by atoms with van der Waals surface area (Å²) < 4.78 is 13.8. The zero-order valence-electron chi connectivity index (χ0n) is 16.9. The molecule has 0 atom stereocenters. The Morgan fingerprint density at radius 3 is 1.37 bits per heavy atom. The van der Waals surface area contributed by atoms with Crippen molar-refractivity contribution in [2.75, 3.05) is 6.61 Å². The molecule has 0 radical (unpaired) electrons. The summed E-state index contributed by atoms with van der Waals surface area (Å²) >= 11 is -3.49. The Kier molecular flexibility index (Phi) is 7.02. The third-order valence-electron chi connectivity index (χ3n) is 5.18. The molecule has 0 saturated carbocycles. The van der Waals surface area contributed by atoms with Crippen molar-refractivity contribution in [3.8, 4) is 9.86 Å². The van der Waals surface area contributed by atoms with Gasteiger partial charge in [0.25, 0.3) is 0 Å². The van der Waals surface area contributed by atoms with Crippen LogP contribution >= 0.6 is 0 Å². The van der Waals surface area contributed by atoms with Crippen LogP contribution in [0.2, 0.25) is 0 Å². The number of ether oxygens (including phenoxy) is 1. The molecule has 0 aliphatic heterocycles. The van der Waals surface area contributed by atoms with Crippen LogP contribution in [0.15, 0.2) is 121 Å². The molecule has 0 N–H and O–H groups in total. The van der Waals surface area contributed by atoms with Crippen LogP contribution in [0.4, 0.5) is 0 Å². The molecular formula is C28H24OSn. The van der Waals surface area contributed by atoms with E-state index in [2.05, 4.69) is 113 Å². The van der Waals surface area contributed by atoms with Crippen LogP contribution in [0.5, 0.6) is 0 Å². The molecule has 0 fully saturated rings. The molecule has 2 heteroatoms. The van der Waals surface area contributed by atoms with E-state index in [0.29, 0.717) is 13.2 Å². The van der Waals surface area contributed by atoms with Gasteiger partial charge >= 0.3 is 184 Å². The molecule has 0 aromatic heterocycles. The second-order valence-corrected chi connectivity index (χ2v) is 17.1. The maximum atomic E-state index is 5.88. The Hall–Kier alpha value is -2.80. The zero-order chi connectivity index (χ0) is 20.5. The fourth-order valence-corrected chi connectivity index (χ4v) is 14.7. The summed E-state index contributed by atoms with van der Waals surface area (Å²) in [6, 6.07) is 42.7. The Morgan fingerprint density at radius 1 is 0.533 bits per heavy atom. The van der Waals surface area contributed by atoms with E-state index in [0.717, 1.165) is 0 Å². The van der Waals surface area contributed by atoms with E-state index in [1.54, 1.807) is 0 Å². The molecule has 0 bridgehead atoms. The summed E-state index contributed by atoms with van der Waals surface area (Å²) in [6.45, 7) is 1.01. The quantitative estimate of drug-likeness (QED) is 0.224. The molecular weight excluding hydrogens is 471 g/mol. The molecule has 0 aliphatic rings. The van der Waals surface area contributed by atoms with Crippen LogP contribution in [-0.4, -0.2) is 25.0 Å². The predicted octanol–water partition coefficient (Wildman–Crippen LogP) is 3.92. The second kappa shape index (κ2) is 10.3.